The first-order valence-corrected chi connectivity index (χ1v) is 11.6. The van der Waals surface area contributed by atoms with Gasteiger partial charge in [0.05, 0.1) is 18.8 Å². The topological polar surface area (TPSA) is 27.7 Å². The molecule has 4 rings (SSSR count). The third-order valence-corrected chi connectivity index (χ3v) is 6.13. The van der Waals surface area contributed by atoms with Crippen molar-refractivity contribution < 1.29 is 36.2 Å². The highest BCUT2D eigenvalue weighted by atomic mass is 19.4. The summed E-state index contributed by atoms with van der Waals surface area (Å²) in [6.07, 6.45) is -3.22. The zero-order chi connectivity index (χ0) is 25.0. The molecular weight excluding hydrogens is 467 g/mol. The Morgan fingerprint density at radius 1 is 0.886 bits per heavy atom. The first-order chi connectivity index (χ1) is 16.7. The SMILES string of the molecule is CCOC1COC(CCc2ccc3c(F)c(CCc4ccc(C(F)(F)F)c(F)c4)ccc3c2)OC1. The zero-order valence-electron chi connectivity index (χ0n) is 19.3. The molecule has 0 aromatic heterocycles. The van der Waals surface area contributed by atoms with Crippen LogP contribution in [0.5, 0.6) is 0 Å². The Hall–Kier alpha value is -2.55. The van der Waals surface area contributed by atoms with Crippen LogP contribution in [0.1, 0.15) is 35.6 Å². The van der Waals surface area contributed by atoms with Gasteiger partial charge in [-0.15, -0.1) is 0 Å². The summed E-state index contributed by atoms with van der Waals surface area (Å²) in [6.45, 7) is 3.55. The van der Waals surface area contributed by atoms with Crippen LogP contribution in [0.15, 0.2) is 48.5 Å². The third-order valence-electron chi connectivity index (χ3n) is 6.13. The highest BCUT2D eigenvalue weighted by Crippen LogP contribution is 2.32. The maximum atomic E-state index is 15.1. The average molecular weight is 495 g/mol. The predicted molar refractivity (Wildman–Crippen MR) is 122 cm³/mol. The van der Waals surface area contributed by atoms with Gasteiger partial charge < -0.3 is 14.2 Å². The smallest absolute Gasteiger partial charge is 0.374 e. The number of benzene rings is 3. The van der Waals surface area contributed by atoms with E-state index in [-0.39, 0.29) is 31.1 Å². The number of hydrogen-bond acceptors (Lipinski definition) is 3. The van der Waals surface area contributed by atoms with Crippen molar-refractivity contribution in [1.82, 2.24) is 0 Å². The van der Waals surface area contributed by atoms with Crippen LogP contribution >= 0.6 is 0 Å². The van der Waals surface area contributed by atoms with E-state index in [1.807, 2.05) is 25.1 Å². The summed E-state index contributed by atoms with van der Waals surface area (Å²) in [6, 6.07) is 11.8. The number of alkyl halides is 3. The molecule has 35 heavy (non-hydrogen) atoms. The second-order valence-corrected chi connectivity index (χ2v) is 8.62. The van der Waals surface area contributed by atoms with Crippen molar-refractivity contribution in [2.24, 2.45) is 0 Å². The van der Waals surface area contributed by atoms with Gasteiger partial charge in [-0.1, -0.05) is 36.4 Å². The zero-order valence-corrected chi connectivity index (χ0v) is 19.3. The van der Waals surface area contributed by atoms with E-state index in [1.165, 1.54) is 6.07 Å². The summed E-state index contributed by atoms with van der Waals surface area (Å²) in [5, 5.41) is 1.22. The van der Waals surface area contributed by atoms with E-state index in [9.17, 15) is 17.6 Å². The van der Waals surface area contributed by atoms with Gasteiger partial charge in [-0.25, -0.2) is 8.78 Å². The van der Waals surface area contributed by atoms with E-state index in [2.05, 4.69) is 0 Å². The van der Waals surface area contributed by atoms with Crippen molar-refractivity contribution in [2.75, 3.05) is 19.8 Å². The van der Waals surface area contributed by atoms with Crippen LogP contribution in [-0.2, 0) is 39.6 Å². The van der Waals surface area contributed by atoms with Gasteiger partial charge in [-0.2, -0.15) is 13.2 Å². The molecule has 0 bridgehead atoms. The largest absolute Gasteiger partial charge is 0.419 e. The monoisotopic (exact) mass is 494 g/mol. The molecule has 0 unspecified atom stereocenters. The van der Waals surface area contributed by atoms with E-state index in [4.69, 9.17) is 14.2 Å². The lowest BCUT2D eigenvalue weighted by Crippen LogP contribution is -2.37. The summed E-state index contributed by atoms with van der Waals surface area (Å²) in [7, 11) is 0. The predicted octanol–water partition coefficient (Wildman–Crippen LogP) is 6.63. The minimum atomic E-state index is -4.74. The van der Waals surface area contributed by atoms with Crippen molar-refractivity contribution in [3.05, 3.63) is 82.4 Å². The lowest BCUT2D eigenvalue weighted by atomic mass is 9.97. The normalized spacial score (nSPS) is 18.8. The molecule has 188 valence electrons. The second-order valence-electron chi connectivity index (χ2n) is 8.62. The molecular formula is C27H27F5O3. The Bertz CT molecular complexity index is 1150. The minimum absolute atomic E-state index is 0.0348. The van der Waals surface area contributed by atoms with Crippen LogP contribution in [0.3, 0.4) is 0 Å². The number of fused-ring (bicyclic) bond motifs is 1. The van der Waals surface area contributed by atoms with Gasteiger partial charge in [0, 0.05) is 18.4 Å². The van der Waals surface area contributed by atoms with Crippen LogP contribution in [0.25, 0.3) is 10.8 Å². The van der Waals surface area contributed by atoms with Crippen LogP contribution < -0.4 is 0 Å². The van der Waals surface area contributed by atoms with Crippen LogP contribution in [0.4, 0.5) is 22.0 Å². The maximum absolute atomic E-state index is 15.1. The second kappa shape index (κ2) is 11.0. The van der Waals surface area contributed by atoms with Crippen LogP contribution in [0, 0.1) is 11.6 Å². The molecule has 1 fully saturated rings. The van der Waals surface area contributed by atoms with Crippen LogP contribution in [0.2, 0.25) is 0 Å². The lowest BCUT2D eigenvalue weighted by Gasteiger charge is -2.29. The molecule has 1 aliphatic rings. The highest BCUT2D eigenvalue weighted by Gasteiger charge is 2.33. The summed E-state index contributed by atoms with van der Waals surface area (Å²) >= 11 is 0. The molecule has 3 nitrogen and oxygen atoms in total. The third kappa shape index (κ3) is 6.37. The van der Waals surface area contributed by atoms with Crippen molar-refractivity contribution >= 4 is 10.8 Å². The van der Waals surface area contributed by atoms with Crippen molar-refractivity contribution in [3.8, 4) is 0 Å². The summed E-state index contributed by atoms with van der Waals surface area (Å²) in [4.78, 5) is 0. The molecule has 0 saturated carbocycles. The summed E-state index contributed by atoms with van der Waals surface area (Å²) < 4.78 is 84.0. The Labute approximate surface area is 200 Å². The molecule has 3 aromatic carbocycles. The molecule has 0 spiro atoms. The number of aryl methyl sites for hydroxylation is 3. The van der Waals surface area contributed by atoms with E-state index in [0.717, 1.165) is 23.1 Å². The molecule has 0 atom stereocenters. The van der Waals surface area contributed by atoms with Gasteiger partial charge in [0.1, 0.15) is 17.7 Å². The Morgan fingerprint density at radius 3 is 2.29 bits per heavy atom. The van der Waals surface area contributed by atoms with Crippen LogP contribution in [-0.4, -0.2) is 32.2 Å². The Morgan fingerprint density at radius 2 is 1.60 bits per heavy atom. The minimum Gasteiger partial charge on any atom is -0.374 e. The molecule has 1 saturated heterocycles. The van der Waals surface area contributed by atoms with Gasteiger partial charge in [0.2, 0.25) is 0 Å². The lowest BCUT2D eigenvalue weighted by molar-refractivity contribution is -0.227. The Balaban J connectivity index is 1.37. The first kappa shape index (κ1) is 25.5. The quantitative estimate of drug-likeness (QED) is 0.329. The fourth-order valence-electron chi connectivity index (χ4n) is 4.27. The van der Waals surface area contributed by atoms with Gasteiger partial charge in [-0.3, -0.25) is 0 Å². The van der Waals surface area contributed by atoms with E-state index < -0.39 is 17.6 Å². The maximum Gasteiger partial charge on any atom is 0.419 e. The summed E-state index contributed by atoms with van der Waals surface area (Å²) in [5.41, 5.74) is 0.540. The molecule has 3 aromatic rings. The fourth-order valence-corrected chi connectivity index (χ4v) is 4.27. The van der Waals surface area contributed by atoms with E-state index in [0.29, 0.717) is 49.2 Å². The van der Waals surface area contributed by atoms with Gasteiger partial charge in [0.25, 0.3) is 0 Å². The number of hydrogen-bond donors (Lipinski definition) is 0. The van der Waals surface area contributed by atoms with E-state index >= 15 is 4.39 Å². The van der Waals surface area contributed by atoms with Crippen molar-refractivity contribution in [1.29, 1.82) is 0 Å². The van der Waals surface area contributed by atoms with Crippen molar-refractivity contribution in [3.63, 3.8) is 0 Å². The number of halogens is 5. The standard InChI is InChI=1S/C27H27F5O3/c1-2-33-21-15-34-25(35-16-21)12-6-17-4-10-22-20(13-17)9-8-19(26(22)29)7-3-18-5-11-23(24(28)14-18)27(30,31)32/h4-5,8-11,13-14,21,25H,2-3,6-7,12,15-16H2,1H3. The number of rotatable bonds is 8. The molecule has 1 aliphatic heterocycles. The van der Waals surface area contributed by atoms with Gasteiger partial charge in [-0.05, 0) is 60.4 Å². The molecule has 1 heterocycles. The molecule has 8 heteroatoms. The molecule has 0 amide bonds. The number of ether oxygens (including phenoxy) is 3. The highest BCUT2D eigenvalue weighted by molar-refractivity contribution is 5.84. The van der Waals surface area contributed by atoms with E-state index in [1.54, 1.807) is 12.1 Å². The average Bonchev–Trinajstić information content (AvgIpc) is 2.82. The van der Waals surface area contributed by atoms with Gasteiger partial charge >= 0.3 is 6.18 Å². The molecule has 0 aliphatic carbocycles. The first-order valence-electron chi connectivity index (χ1n) is 11.6. The molecule has 0 N–H and O–H groups in total. The van der Waals surface area contributed by atoms with Gasteiger partial charge in [0.15, 0.2) is 6.29 Å². The van der Waals surface area contributed by atoms with Crippen molar-refractivity contribution in [2.45, 2.75) is 51.2 Å². The molecule has 0 radical (unpaired) electrons. The summed E-state index contributed by atoms with van der Waals surface area (Å²) in [5.74, 6) is -1.69. The Kier molecular flexibility index (Phi) is 8.04. The fraction of sp³-hybridized carbons (Fsp3) is 0.407.